The number of ether oxygens (including phenoxy) is 1. The van der Waals surface area contributed by atoms with Gasteiger partial charge in [0, 0.05) is 30.8 Å². The molecule has 0 aliphatic carbocycles. The SMILES string of the molecule is COc1ncccc1CN(C)C(C)CC(N)=S. The van der Waals surface area contributed by atoms with Crippen molar-refractivity contribution >= 4 is 17.2 Å². The number of nitrogens with two attached hydrogens (primary N) is 1. The van der Waals surface area contributed by atoms with E-state index in [1.54, 1.807) is 13.3 Å². The van der Waals surface area contributed by atoms with Crippen molar-refractivity contribution in [3.8, 4) is 5.88 Å². The highest BCUT2D eigenvalue weighted by Gasteiger charge is 2.13. The second kappa shape index (κ2) is 6.51. The van der Waals surface area contributed by atoms with Crippen LogP contribution in [0.25, 0.3) is 0 Å². The van der Waals surface area contributed by atoms with Gasteiger partial charge in [-0.2, -0.15) is 0 Å². The summed E-state index contributed by atoms with van der Waals surface area (Å²) in [4.78, 5) is 6.89. The van der Waals surface area contributed by atoms with Gasteiger partial charge in [-0.05, 0) is 20.0 Å². The molecule has 94 valence electrons. The lowest BCUT2D eigenvalue weighted by atomic mass is 10.2. The van der Waals surface area contributed by atoms with Crippen LogP contribution < -0.4 is 10.5 Å². The van der Waals surface area contributed by atoms with Gasteiger partial charge in [-0.1, -0.05) is 18.3 Å². The standard InChI is InChI=1S/C12H19N3OS/c1-9(7-11(13)17)15(2)8-10-5-4-6-14-12(10)16-3/h4-6,9H,7-8H2,1-3H3,(H2,13,17). The lowest BCUT2D eigenvalue weighted by molar-refractivity contribution is 0.250. The molecule has 5 heteroatoms. The van der Waals surface area contributed by atoms with Crippen LogP contribution in [-0.2, 0) is 6.54 Å². The lowest BCUT2D eigenvalue weighted by Crippen LogP contribution is -2.32. The molecule has 1 aromatic rings. The topological polar surface area (TPSA) is 51.4 Å². The third kappa shape index (κ3) is 4.28. The van der Waals surface area contributed by atoms with Crippen LogP contribution in [-0.4, -0.2) is 35.1 Å². The van der Waals surface area contributed by atoms with Crippen molar-refractivity contribution in [2.24, 2.45) is 5.73 Å². The average Bonchev–Trinajstić information content (AvgIpc) is 2.28. The molecule has 1 unspecified atom stereocenters. The van der Waals surface area contributed by atoms with E-state index >= 15 is 0 Å². The molecular formula is C12H19N3OS. The van der Waals surface area contributed by atoms with E-state index < -0.39 is 0 Å². The van der Waals surface area contributed by atoms with Gasteiger partial charge in [0.15, 0.2) is 0 Å². The fourth-order valence-electron chi connectivity index (χ4n) is 1.60. The smallest absolute Gasteiger partial charge is 0.217 e. The second-order valence-corrected chi connectivity index (χ2v) is 4.63. The number of nitrogens with zero attached hydrogens (tertiary/aromatic N) is 2. The molecule has 1 aromatic heterocycles. The van der Waals surface area contributed by atoms with E-state index in [-0.39, 0.29) is 0 Å². The highest BCUT2D eigenvalue weighted by Crippen LogP contribution is 2.17. The van der Waals surface area contributed by atoms with E-state index in [2.05, 4.69) is 16.8 Å². The molecule has 0 saturated heterocycles. The minimum absolute atomic E-state index is 0.303. The maximum Gasteiger partial charge on any atom is 0.217 e. The molecule has 1 rings (SSSR count). The van der Waals surface area contributed by atoms with Crippen LogP contribution in [0.4, 0.5) is 0 Å². The Morgan fingerprint density at radius 2 is 2.35 bits per heavy atom. The summed E-state index contributed by atoms with van der Waals surface area (Å²) in [5.41, 5.74) is 6.61. The predicted octanol–water partition coefficient (Wildman–Crippen LogP) is 1.59. The molecule has 1 heterocycles. The molecular weight excluding hydrogens is 234 g/mol. The zero-order valence-electron chi connectivity index (χ0n) is 10.5. The first-order chi connectivity index (χ1) is 8.04. The Hall–Kier alpha value is -1.20. The molecule has 4 nitrogen and oxygen atoms in total. The first kappa shape index (κ1) is 13.9. The number of rotatable bonds is 6. The van der Waals surface area contributed by atoms with Crippen molar-refractivity contribution in [2.45, 2.75) is 25.9 Å². The normalized spacial score (nSPS) is 12.5. The monoisotopic (exact) mass is 253 g/mol. The number of thiocarbonyl (C=S) groups is 1. The van der Waals surface area contributed by atoms with E-state index in [1.165, 1.54) is 0 Å². The Bertz CT molecular complexity index is 384. The minimum Gasteiger partial charge on any atom is -0.481 e. The van der Waals surface area contributed by atoms with Crippen LogP contribution in [0.3, 0.4) is 0 Å². The number of methoxy groups -OCH3 is 1. The summed E-state index contributed by atoms with van der Waals surface area (Å²) in [6.07, 6.45) is 2.44. The van der Waals surface area contributed by atoms with Crippen LogP contribution in [0.5, 0.6) is 5.88 Å². The molecule has 2 N–H and O–H groups in total. The molecule has 17 heavy (non-hydrogen) atoms. The molecule has 0 saturated carbocycles. The number of hydrogen-bond donors (Lipinski definition) is 1. The van der Waals surface area contributed by atoms with Crippen LogP contribution in [0.15, 0.2) is 18.3 Å². The van der Waals surface area contributed by atoms with Gasteiger partial charge >= 0.3 is 0 Å². The van der Waals surface area contributed by atoms with Crippen LogP contribution >= 0.6 is 12.2 Å². The van der Waals surface area contributed by atoms with Crippen molar-refractivity contribution in [3.63, 3.8) is 0 Å². The summed E-state index contributed by atoms with van der Waals surface area (Å²) < 4.78 is 5.22. The van der Waals surface area contributed by atoms with Gasteiger partial charge in [-0.15, -0.1) is 0 Å². The molecule has 0 radical (unpaired) electrons. The number of pyridine rings is 1. The Morgan fingerprint density at radius 1 is 1.65 bits per heavy atom. The third-order valence-electron chi connectivity index (χ3n) is 2.71. The van der Waals surface area contributed by atoms with Crippen molar-refractivity contribution in [1.82, 2.24) is 9.88 Å². The van der Waals surface area contributed by atoms with Crippen molar-refractivity contribution in [2.75, 3.05) is 14.2 Å². The van der Waals surface area contributed by atoms with Crippen LogP contribution in [0.1, 0.15) is 18.9 Å². The average molecular weight is 253 g/mol. The highest BCUT2D eigenvalue weighted by molar-refractivity contribution is 7.80. The van der Waals surface area contributed by atoms with Gasteiger partial charge in [-0.25, -0.2) is 4.98 Å². The predicted molar refractivity (Wildman–Crippen MR) is 73.1 cm³/mol. The van der Waals surface area contributed by atoms with Crippen LogP contribution in [0.2, 0.25) is 0 Å². The number of aromatic nitrogens is 1. The molecule has 0 aliphatic rings. The minimum atomic E-state index is 0.303. The Balaban J connectivity index is 2.66. The summed E-state index contributed by atoms with van der Waals surface area (Å²) in [6, 6.07) is 4.22. The van der Waals surface area contributed by atoms with Gasteiger partial charge in [0.25, 0.3) is 0 Å². The van der Waals surface area contributed by atoms with E-state index in [0.29, 0.717) is 23.3 Å². The number of hydrogen-bond acceptors (Lipinski definition) is 4. The maximum absolute atomic E-state index is 5.55. The van der Waals surface area contributed by atoms with Crippen molar-refractivity contribution in [3.05, 3.63) is 23.9 Å². The Kier molecular flexibility index (Phi) is 5.31. The van der Waals surface area contributed by atoms with E-state index in [0.717, 1.165) is 12.1 Å². The van der Waals surface area contributed by atoms with Gasteiger partial charge in [-0.3, -0.25) is 4.90 Å². The van der Waals surface area contributed by atoms with Crippen LogP contribution in [0, 0.1) is 0 Å². The van der Waals surface area contributed by atoms with Crippen molar-refractivity contribution in [1.29, 1.82) is 0 Å². The third-order valence-corrected chi connectivity index (χ3v) is 2.88. The van der Waals surface area contributed by atoms with Gasteiger partial charge < -0.3 is 10.5 Å². The summed E-state index contributed by atoms with van der Waals surface area (Å²) in [5, 5.41) is 0. The summed E-state index contributed by atoms with van der Waals surface area (Å²) in [7, 11) is 3.67. The maximum atomic E-state index is 5.55. The second-order valence-electron chi connectivity index (χ2n) is 4.11. The fraction of sp³-hybridized carbons (Fsp3) is 0.500. The first-order valence-corrected chi connectivity index (χ1v) is 5.91. The highest BCUT2D eigenvalue weighted by atomic mass is 32.1. The van der Waals surface area contributed by atoms with Gasteiger partial charge in [0.05, 0.1) is 12.1 Å². The molecule has 0 fully saturated rings. The van der Waals surface area contributed by atoms with E-state index in [9.17, 15) is 0 Å². The quantitative estimate of drug-likeness (QED) is 0.780. The Labute approximate surface area is 108 Å². The Morgan fingerprint density at radius 3 is 2.94 bits per heavy atom. The van der Waals surface area contributed by atoms with E-state index in [1.807, 2.05) is 19.2 Å². The van der Waals surface area contributed by atoms with Crippen molar-refractivity contribution < 1.29 is 4.74 Å². The molecule has 0 bridgehead atoms. The first-order valence-electron chi connectivity index (χ1n) is 5.51. The lowest BCUT2D eigenvalue weighted by Gasteiger charge is -2.24. The molecule has 0 aromatic carbocycles. The molecule has 0 aliphatic heterocycles. The molecule has 0 spiro atoms. The fourth-order valence-corrected chi connectivity index (χ4v) is 1.84. The zero-order valence-corrected chi connectivity index (χ0v) is 11.3. The summed E-state index contributed by atoms with van der Waals surface area (Å²) >= 11 is 4.92. The largest absolute Gasteiger partial charge is 0.481 e. The van der Waals surface area contributed by atoms with E-state index in [4.69, 9.17) is 22.7 Å². The van der Waals surface area contributed by atoms with Gasteiger partial charge in [0.1, 0.15) is 0 Å². The molecule has 0 amide bonds. The zero-order chi connectivity index (χ0) is 12.8. The molecule has 1 atom stereocenters. The summed E-state index contributed by atoms with van der Waals surface area (Å²) in [5.74, 6) is 0.668. The van der Waals surface area contributed by atoms with Gasteiger partial charge in [0.2, 0.25) is 5.88 Å². The summed E-state index contributed by atoms with van der Waals surface area (Å²) in [6.45, 7) is 2.86.